The van der Waals surface area contributed by atoms with Crippen molar-refractivity contribution in [2.45, 2.75) is 52.1 Å². The molecule has 4 aromatic carbocycles. The molecule has 45 heavy (non-hydrogen) atoms. The molecule has 4 atom stereocenters. The van der Waals surface area contributed by atoms with Crippen LogP contribution in [0.1, 0.15) is 51.0 Å². The van der Waals surface area contributed by atoms with Gasteiger partial charge in [0.25, 0.3) is 0 Å². The summed E-state index contributed by atoms with van der Waals surface area (Å²) in [6.45, 7) is 9.91. The lowest BCUT2D eigenvalue weighted by Crippen LogP contribution is -2.12. The van der Waals surface area contributed by atoms with Crippen LogP contribution in [-0.4, -0.2) is 62.1 Å². The second kappa shape index (κ2) is 17.7. The van der Waals surface area contributed by atoms with Gasteiger partial charge in [0.2, 0.25) is 0 Å². The van der Waals surface area contributed by atoms with Crippen molar-refractivity contribution in [3.63, 3.8) is 0 Å². The molecule has 4 aromatic rings. The highest BCUT2D eigenvalue weighted by Gasteiger charge is 2.09. The first-order chi connectivity index (χ1) is 21.8. The largest absolute Gasteiger partial charge is 0.491 e. The molecule has 0 fully saturated rings. The molecule has 0 heterocycles. The van der Waals surface area contributed by atoms with Crippen molar-refractivity contribution in [3.05, 3.63) is 108 Å². The standard InChI is InChI=1S/C38H46O7/c1-27(39)25-44-29(3)31-5-9-33(10-6-31)35-13-17-37(18-14-35)42-23-21-41-22-24-43-38-19-15-36(16-20-38)34-11-7-32(8-12-34)30(4)45-26-28(2)40/h5-20,27-30,39-40H,21-26H2,1-4H3. The van der Waals surface area contributed by atoms with Crippen molar-refractivity contribution >= 4 is 0 Å². The molecule has 0 spiro atoms. The van der Waals surface area contributed by atoms with Crippen LogP contribution in [0.2, 0.25) is 0 Å². The van der Waals surface area contributed by atoms with E-state index in [-0.39, 0.29) is 12.2 Å². The van der Waals surface area contributed by atoms with E-state index in [1.807, 2.05) is 62.4 Å². The first kappa shape index (κ1) is 34.2. The third-order valence-electron chi connectivity index (χ3n) is 7.30. The number of aliphatic hydroxyl groups is 2. The molecule has 4 unspecified atom stereocenters. The van der Waals surface area contributed by atoms with E-state index in [4.69, 9.17) is 23.7 Å². The fourth-order valence-corrected chi connectivity index (χ4v) is 4.68. The minimum absolute atomic E-state index is 0.0707. The van der Waals surface area contributed by atoms with Gasteiger partial charge in [-0.05, 0) is 85.3 Å². The van der Waals surface area contributed by atoms with Gasteiger partial charge in [0.1, 0.15) is 24.7 Å². The van der Waals surface area contributed by atoms with E-state index in [0.717, 1.165) is 44.9 Å². The summed E-state index contributed by atoms with van der Waals surface area (Å²) < 4.78 is 28.7. The Bertz CT molecular complexity index is 1270. The predicted molar refractivity (Wildman–Crippen MR) is 178 cm³/mol. The fourth-order valence-electron chi connectivity index (χ4n) is 4.68. The molecular formula is C38H46O7. The zero-order chi connectivity index (χ0) is 32.0. The summed E-state index contributed by atoms with van der Waals surface area (Å²) in [5, 5.41) is 18.8. The van der Waals surface area contributed by atoms with Crippen LogP contribution in [0.3, 0.4) is 0 Å². The Balaban J connectivity index is 1.11. The maximum absolute atomic E-state index is 9.42. The highest BCUT2D eigenvalue weighted by molar-refractivity contribution is 5.65. The topological polar surface area (TPSA) is 86.6 Å². The van der Waals surface area contributed by atoms with Crippen LogP contribution in [0, 0.1) is 0 Å². The molecule has 0 saturated carbocycles. The van der Waals surface area contributed by atoms with Crippen molar-refractivity contribution in [1.82, 2.24) is 0 Å². The summed E-state index contributed by atoms with van der Waals surface area (Å²) in [5.74, 6) is 1.59. The van der Waals surface area contributed by atoms with Crippen LogP contribution in [0.15, 0.2) is 97.1 Å². The summed E-state index contributed by atoms with van der Waals surface area (Å²) in [6, 6.07) is 32.6. The quantitative estimate of drug-likeness (QED) is 0.113. The highest BCUT2D eigenvalue weighted by Crippen LogP contribution is 2.27. The third-order valence-corrected chi connectivity index (χ3v) is 7.30. The molecule has 0 amide bonds. The molecule has 0 radical (unpaired) electrons. The smallest absolute Gasteiger partial charge is 0.119 e. The zero-order valence-corrected chi connectivity index (χ0v) is 26.7. The van der Waals surface area contributed by atoms with Crippen LogP contribution in [0.5, 0.6) is 11.5 Å². The maximum Gasteiger partial charge on any atom is 0.119 e. The van der Waals surface area contributed by atoms with E-state index in [1.165, 1.54) is 0 Å². The second-order valence-electron chi connectivity index (χ2n) is 11.3. The monoisotopic (exact) mass is 614 g/mol. The molecule has 7 heteroatoms. The molecule has 7 nitrogen and oxygen atoms in total. The Hall–Kier alpha value is -3.72. The summed E-state index contributed by atoms with van der Waals surface area (Å²) in [7, 11) is 0. The van der Waals surface area contributed by atoms with Crippen molar-refractivity contribution in [2.75, 3.05) is 39.6 Å². The summed E-state index contributed by atoms with van der Waals surface area (Å²) in [6.07, 6.45) is -1.09. The lowest BCUT2D eigenvalue weighted by atomic mass is 10.0. The van der Waals surface area contributed by atoms with Crippen molar-refractivity contribution < 1.29 is 33.9 Å². The molecule has 0 bridgehead atoms. The fraction of sp³-hybridized carbons (Fsp3) is 0.368. The molecule has 240 valence electrons. The van der Waals surface area contributed by atoms with Crippen molar-refractivity contribution in [3.8, 4) is 33.8 Å². The van der Waals surface area contributed by atoms with Crippen LogP contribution in [0.4, 0.5) is 0 Å². The van der Waals surface area contributed by atoms with Crippen LogP contribution < -0.4 is 9.47 Å². The first-order valence-electron chi connectivity index (χ1n) is 15.6. The number of aliphatic hydroxyl groups excluding tert-OH is 2. The summed E-state index contributed by atoms with van der Waals surface area (Å²) in [4.78, 5) is 0. The number of hydrogen-bond acceptors (Lipinski definition) is 7. The lowest BCUT2D eigenvalue weighted by Gasteiger charge is -2.15. The number of benzene rings is 4. The van der Waals surface area contributed by atoms with E-state index < -0.39 is 12.2 Å². The molecule has 4 rings (SSSR count). The Morgan fingerprint density at radius 3 is 1.07 bits per heavy atom. The van der Waals surface area contributed by atoms with E-state index in [2.05, 4.69) is 48.5 Å². The zero-order valence-electron chi connectivity index (χ0n) is 26.7. The number of rotatable bonds is 18. The van der Waals surface area contributed by atoms with Gasteiger partial charge in [-0.2, -0.15) is 0 Å². The maximum atomic E-state index is 9.42. The third kappa shape index (κ3) is 11.3. The minimum atomic E-state index is -0.474. The average Bonchev–Trinajstić information content (AvgIpc) is 3.06. The number of ether oxygens (including phenoxy) is 5. The highest BCUT2D eigenvalue weighted by atomic mass is 16.5. The van der Waals surface area contributed by atoms with Gasteiger partial charge in [-0.1, -0.05) is 72.8 Å². The van der Waals surface area contributed by atoms with Gasteiger partial charge in [0, 0.05) is 0 Å². The molecule has 0 aliphatic carbocycles. The average molecular weight is 615 g/mol. The van der Waals surface area contributed by atoms with E-state index in [9.17, 15) is 10.2 Å². The SMILES string of the molecule is CC(O)COC(C)c1ccc(-c2ccc(OCCOCCOc3ccc(-c4ccc(C(C)OCC(C)O)cc4)cc3)cc2)cc1. The molecule has 2 N–H and O–H groups in total. The first-order valence-corrected chi connectivity index (χ1v) is 15.6. The van der Waals surface area contributed by atoms with Gasteiger partial charge in [0.05, 0.1) is 50.8 Å². The van der Waals surface area contributed by atoms with E-state index in [0.29, 0.717) is 39.6 Å². The second-order valence-corrected chi connectivity index (χ2v) is 11.3. The Kier molecular flexibility index (Phi) is 13.4. The predicted octanol–water partition coefficient (Wildman–Crippen LogP) is 7.41. The van der Waals surface area contributed by atoms with Crippen molar-refractivity contribution in [2.24, 2.45) is 0 Å². The molecule has 0 aliphatic heterocycles. The summed E-state index contributed by atoms with van der Waals surface area (Å²) >= 11 is 0. The van der Waals surface area contributed by atoms with Gasteiger partial charge < -0.3 is 33.9 Å². The van der Waals surface area contributed by atoms with Gasteiger partial charge in [-0.25, -0.2) is 0 Å². The Morgan fingerprint density at radius 2 is 0.756 bits per heavy atom. The minimum Gasteiger partial charge on any atom is -0.491 e. The van der Waals surface area contributed by atoms with Gasteiger partial charge in [-0.15, -0.1) is 0 Å². The Labute approximate surface area is 267 Å². The van der Waals surface area contributed by atoms with E-state index in [1.54, 1.807) is 13.8 Å². The van der Waals surface area contributed by atoms with Gasteiger partial charge >= 0.3 is 0 Å². The lowest BCUT2D eigenvalue weighted by molar-refractivity contribution is 0.00449. The van der Waals surface area contributed by atoms with Crippen LogP contribution in [0.25, 0.3) is 22.3 Å². The summed E-state index contributed by atoms with van der Waals surface area (Å²) in [5.41, 5.74) is 6.60. The molecular weight excluding hydrogens is 568 g/mol. The molecule has 0 aliphatic rings. The van der Waals surface area contributed by atoms with Gasteiger partial charge in [-0.3, -0.25) is 0 Å². The van der Waals surface area contributed by atoms with Crippen molar-refractivity contribution in [1.29, 1.82) is 0 Å². The Morgan fingerprint density at radius 1 is 0.444 bits per heavy atom. The van der Waals surface area contributed by atoms with E-state index >= 15 is 0 Å². The number of hydrogen-bond donors (Lipinski definition) is 2. The molecule has 0 aromatic heterocycles. The normalized spacial score (nSPS) is 14.0. The van der Waals surface area contributed by atoms with Crippen LogP contribution in [-0.2, 0) is 14.2 Å². The van der Waals surface area contributed by atoms with Gasteiger partial charge in [0.15, 0.2) is 0 Å². The molecule has 0 saturated heterocycles. The van der Waals surface area contributed by atoms with Crippen LogP contribution >= 0.6 is 0 Å².